The number of pyridine rings is 1. The van der Waals surface area contributed by atoms with Crippen molar-refractivity contribution >= 4 is 32.8 Å². The molecule has 2 N–H and O–H groups in total. The lowest BCUT2D eigenvalue weighted by Gasteiger charge is -2.03. The van der Waals surface area contributed by atoms with Gasteiger partial charge in [0.1, 0.15) is 0 Å². The highest BCUT2D eigenvalue weighted by molar-refractivity contribution is 9.10. The third-order valence-electron chi connectivity index (χ3n) is 3.11. The van der Waals surface area contributed by atoms with Gasteiger partial charge < -0.3 is 5.73 Å². The summed E-state index contributed by atoms with van der Waals surface area (Å²) in [6.07, 6.45) is 2.77. The number of hydrogen-bond acceptors (Lipinski definition) is 3. The summed E-state index contributed by atoms with van der Waals surface area (Å²) in [6, 6.07) is 10.2. The van der Waals surface area contributed by atoms with E-state index in [2.05, 4.69) is 45.1 Å². The fourth-order valence-corrected chi connectivity index (χ4v) is 2.38. The van der Waals surface area contributed by atoms with E-state index in [1.807, 2.05) is 18.2 Å². The molecule has 5 heteroatoms. The third-order valence-corrected chi connectivity index (χ3v) is 3.54. The molecule has 0 bridgehead atoms. The largest absolute Gasteiger partial charge is 0.382 e. The third kappa shape index (κ3) is 2.10. The molecular formula is C14H13BrN4. The van der Waals surface area contributed by atoms with Crippen LogP contribution in [0.5, 0.6) is 0 Å². The van der Waals surface area contributed by atoms with E-state index in [-0.39, 0.29) is 0 Å². The maximum absolute atomic E-state index is 5.95. The molecule has 0 atom stereocenters. The van der Waals surface area contributed by atoms with Gasteiger partial charge in [-0.3, -0.25) is 0 Å². The molecule has 0 unspecified atom stereocenters. The van der Waals surface area contributed by atoms with Crippen molar-refractivity contribution in [2.24, 2.45) is 0 Å². The highest BCUT2D eigenvalue weighted by atomic mass is 79.9. The van der Waals surface area contributed by atoms with Crippen molar-refractivity contribution in [1.29, 1.82) is 0 Å². The van der Waals surface area contributed by atoms with Crippen LogP contribution in [-0.2, 0) is 6.42 Å². The van der Waals surface area contributed by atoms with Crippen LogP contribution in [0.15, 0.2) is 41.0 Å². The van der Waals surface area contributed by atoms with Crippen LogP contribution >= 0.6 is 15.9 Å². The van der Waals surface area contributed by atoms with Crippen molar-refractivity contribution in [1.82, 2.24) is 14.8 Å². The topological polar surface area (TPSA) is 56.7 Å². The zero-order valence-electron chi connectivity index (χ0n) is 10.5. The second-order valence-electron chi connectivity index (χ2n) is 4.34. The highest BCUT2D eigenvalue weighted by Gasteiger charge is 2.11. The van der Waals surface area contributed by atoms with Gasteiger partial charge in [0, 0.05) is 10.7 Å². The van der Waals surface area contributed by atoms with Gasteiger partial charge in [0.15, 0.2) is 11.5 Å². The zero-order chi connectivity index (χ0) is 13.4. The molecule has 0 saturated carbocycles. The monoisotopic (exact) mass is 316 g/mol. The molecule has 96 valence electrons. The Bertz CT molecular complexity index is 731. The number of fused-ring (bicyclic) bond motifs is 1. The summed E-state index contributed by atoms with van der Waals surface area (Å²) in [5, 5.41) is 5.22. The first-order chi connectivity index (χ1) is 9.19. The molecule has 19 heavy (non-hydrogen) atoms. The molecule has 0 spiro atoms. The first-order valence-electron chi connectivity index (χ1n) is 6.08. The molecule has 0 radical (unpaired) electrons. The second kappa shape index (κ2) is 4.66. The molecule has 4 nitrogen and oxygen atoms in total. The Hall–Kier alpha value is -1.88. The van der Waals surface area contributed by atoms with Crippen LogP contribution in [0.4, 0.5) is 5.82 Å². The summed E-state index contributed by atoms with van der Waals surface area (Å²) >= 11 is 3.40. The first kappa shape index (κ1) is 12.2. The van der Waals surface area contributed by atoms with E-state index in [9.17, 15) is 0 Å². The Morgan fingerprint density at radius 2 is 2.00 bits per heavy atom. The number of nitrogens with zero attached hydrogens (tertiary/aromatic N) is 3. The number of nitrogen functional groups attached to an aromatic ring is 1. The Morgan fingerprint density at radius 3 is 2.68 bits per heavy atom. The number of benzene rings is 1. The summed E-state index contributed by atoms with van der Waals surface area (Å²) in [7, 11) is 0. The normalized spacial score (nSPS) is 11.1. The number of halogens is 1. The van der Waals surface area contributed by atoms with E-state index >= 15 is 0 Å². The Kier molecular flexibility index (Phi) is 2.98. The number of anilines is 1. The van der Waals surface area contributed by atoms with Crippen LogP contribution in [0.2, 0.25) is 0 Å². The van der Waals surface area contributed by atoms with Gasteiger partial charge in [0.05, 0.1) is 11.1 Å². The first-order valence-corrected chi connectivity index (χ1v) is 6.87. The molecule has 3 rings (SSSR count). The van der Waals surface area contributed by atoms with Crippen molar-refractivity contribution in [2.75, 3.05) is 5.73 Å². The predicted molar refractivity (Wildman–Crippen MR) is 80.4 cm³/mol. The molecule has 2 heterocycles. The summed E-state index contributed by atoms with van der Waals surface area (Å²) in [4.78, 5) is 4.39. The zero-order valence-corrected chi connectivity index (χ0v) is 12.1. The molecule has 0 aliphatic heterocycles. The number of nitrogens with two attached hydrogens (primary N) is 1. The van der Waals surface area contributed by atoms with Gasteiger partial charge in [-0.1, -0.05) is 19.1 Å². The van der Waals surface area contributed by atoms with Crippen LogP contribution in [0.3, 0.4) is 0 Å². The van der Waals surface area contributed by atoms with E-state index in [0.29, 0.717) is 5.82 Å². The minimum atomic E-state index is 0.489. The van der Waals surface area contributed by atoms with Crippen LogP contribution in [0.25, 0.3) is 16.7 Å². The molecule has 2 aromatic heterocycles. The molecular weight excluding hydrogens is 304 g/mol. The summed E-state index contributed by atoms with van der Waals surface area (Å²) in [5.41, 5.74) is 8.98. The molecule has 0 amide bonds. The molecule has 0 aliphatic rings. The van der Waals surface area contributed by atoms with Gasteiger partial charge in [0.25, 0.3) is 0 Å². The van der Waals surface area contributed by atoms with Gasteiger partial charge in [-0.2, -0.15) is 0 Å². The maximum atomic E-state index is 5.95. The van der Waals surface area contributed by atoms with E-state index < -0.39 is 0 Å². The summed E-state index contributed by atoms with van der Waals surface area (Å²) in [6.45, 7) is 2.13. The Balaban J connectivity index is 2.19. The number of hydrogen-bond donors (Lipinski definition) is 1. The lowest BCUT2D eigenvalue weighted by atomic mass is 10.1. The lowest BCUT2D eigenvalue weighted by molar-refractivity contribution is 0.901. The van der Waals surface area contributed by atoms with Gasteiger partial charge in [-0.15, -0.1) is 5.10 Å². The van der Waals surface area contributed by atoms with Crippen molar-refractivity contribution in [3.63, 3.8) is 0 Å². The van der Waals surface area contributed by atoms with Gasteiger partial charge in [0.2, 0.25) is 0 Å². The van der Waals surface area contributed by atoms with Crippen molar-refractivity contribution < 1.29 is 0 Å². The lowest BCUT2D eigenvalue weighted by Crippen LogP contribution is -1.98. The fraction of sp³-hybridized carbons (Fsp3) is 0.143. The minimum Gasteiger partial charge on any atom is -0.382 e. The highest BCUT2D eigenvalue weighted by Crippen LogP contribution is 2.24. The van der Waals surface area contributed by atoms with E-state index in [4.69, 9.17) is 5.73 Å². The van der Waals surface area contributed by atoms with E-state index in [1.54, 1.807) is 10.9 Å². The molecule has 0 fully saturated rings. The Morgan fingerprint density at radius 1 is 1.26 bits per heavy atom. The Labute approximate surface area is 119 Å². The smallest absolute Gasteiger partial charge is 0.165 e. The van der Waals surface area contributed by atoms with Gasteiger partial charge >= 0.3 is 0 Å². The molecule has 1 aromatic carbocycles. The molecule has 0 aliphatic carbocycles. The van der Waals surface area contributed by atoms with Crippen LogP contribution < -0.4 is 5.73 Å². The van der Waals surface area contributed by atoms with Crippen LogP contribution in [-0.4, -0.2) is 14.8 Å². The second-order valence-corrected chi connectivity index (χ2v) is 5.26. The molecule has 0 saturated heterocycles. The number of rotatable bonds is 2. The van der Waals surface area contributed by atoms with Gasteiger partial charge in [-0.25, -0.2) is 9.67 Å². The average molecular weight is 317 g/mol. The molecule has 3 aromatic rings. The van der Waals surface area contributed by atoms with Crippen LogP contribution in [0.1, 0.15) is 12.5 Å². The quantitative estimate of drug-likeness (QED) is 0.789. The van der Waals surface area contributed by atoms with Crippen molar-refractivity contribution in [3.8, 4) is 5.69 Å². The van der Waals surface area contributed by atoms with Crippen molar-refractivity contribution in [2.45, 2.75) is 13.3 Å². The standard InChI is InChI=1S/C14H13BrN4/c1-2-9-3-5-11(6-4-9)19-14-12(13(16)18-19)7-10(15)8-17-14/h3-8H,2H2,1H3,(H2,16,18). The average Bonchev–Trinajstić information content (AvgIpc) is 2.76. The summed E-state index contributed by atoms with van der Waals surface area (Å²) < 4.78 is 2.67. The fourth-order valence-electron chi connectivity index (χ4n) is 2.05. The summed E-state index contributed by atoms with van der Waals surface area (Å²) in [5.74, 6) is 0.489. The maximum Gasteiger partial charge on any atom is 0.165 e. The predicted octanol–water partition coefficient (Wildman–Crippen LogP) is 3.33. The van der Waals surface area contributed by atoms with E-state index in [1.165, 1.54) is 5.56 Å². The van der Waals surface area contributed by atoms with Crippen molar-refractivity contribution in [3.05, 3.63) is 46.6 Å². The number of aromatic nitrogens is 3. The van der Waals surface area contributed by atoms with E-state index in [0.717, 1.165) is 27.6 Å². The minimum absolute atomic E-state index is 0.489. The SMILES string of the molecule is CCc1ccc(-n2nc(N)c3cc(Br)cnc32)cc1. The van der Waals surface area contributed by atoms with Crippen LogP contribution in [0, 0.1) is 0 Å². The number of aryl methyl sites for hydroxylation is 1. The van der Waals surface area contributed by atoms with Gasteiger partial charge in [-0.05, 0) is 46.1 Å².